The minimum absolute atomic E-state index is 0.242. The maximum atomic E-state index is 9.92. The van der Waals surface area contributed by atoms with Crippen LogP contribution in [0.1, 0.15) is 31.9 Å². The van der Waals surface area contributed by atoms with Crippen molar-refractivity contribution in [2.75, 3.05) is 26.9 Å². The van der Waals surface area contributed by atoms with Crippen LogP contribution in [-0.4, -0.2) is 36.6 Å². The summed E-state index contributed by atoms with van der Waals surface area (Å²) in [5.74, 6) is 0.242. The summed E-state index contributed by atoms with van der Waals surface area (Å²) in [6.45, 7) is 7.01. The number of methoxy groups -OCH3 is 1. The molecule has 0 amide bonds. The van der Waals surface area contributed by atoms with Crippen molar-refractivity contribution in [1.82, 2.24) is 4.57 Å². The van der Waals surface area contributed by atoms with Crippen LogP contribution in [0.5, 0.6) is 0 Å². The highest BCUT2D eigenvalue weighted by Gasteiger charge is 2.12. The van der Waals surface area contributed by atoms with Crippen molar-refractivity contribution in [3.63, 3.8) is 0 Å². The van der Waals surface area contributed by atoms with Crippen LogP contribution in [0.3, 0.4) is 0 Å². The van der Waals surface area contributed by atoms with Crippen molar-refractivity contribution < 1.29 is 14.6 Å². The molecule has 1 aromatic rings. The maximum absolute atomic E-state index is 9.92. The highest BCUT2D eigenvalue weighted by Crippen LogP contribution is 2.21. The Morgan fingerprint density at radius 2 is 2.06 bits per heavy atom. The first-order valence-electron chi connectivity index (χ1n) is 6.55. The van der Waals surface area contributed by atoms with Crippen molar-refractivity contribution in [3.05, 3.63) is 24.0 Å². The van der Waals surface area contributed by atoms with E-state index in [2.05, 4.69) is 4.57 Å². The zero-order chi connectivity index (χ0) is 13.4. The van der Waals surface area contributed by atoms with Crippen LogP contribution < -0.4 is 0 Å². The van der Waals surface area contributed by atoms with Crippen molar-refractivity contribution in [2.45, 2.75) is 32.9 Å². The molecule has 1 N–H and O–H groups in total. The molecule has 4 heteroatoms. The molecule has 0 aliphatic rings. The molecule has 0 aliphatic carbocycles. The normalized spacial score (nSPS) is 13.2. The van der Waals surface area contributed by atoms with Crippen LogP contribution in [0.15, 0.2) is 18.5 Å². The summed E-state index contributed by atoms with van der Waals surface area (Å²) >= 11 is 0. The third-order valence-corrected chi connectivity index (χ3v) is 2.88. The van der Waals surface area contributed by atoms with Gasteiger partial charge in [0.1, 0.15) is 0 Å². The fourth-order valence-electron chi connectivity index (χ4n) is 1.74. The van der Waals surface area contributed by atoms with Gasteiger partial charge in [-0.3, -0.25) is 0 Å². The van der Waals surface area contributed by atoms with Crippen LogP contribution in [0, 0.1) is 5.92 Å². The molecule has 0 spiro atoms. The zero-order valence-corrected chi connectivity index (χ0v) is 11.6. The van der Waals surface area contributed by atoms with E-state index in [1.807, 2.05) is 32.3 Å². The highest BCUT2D eigenvalue weighted by molar-refractivity contribution is 5.14. The molecule has 1 rings (SSSR count). The number of hydrogen-bond acceptors (Lipinski definition) is 3. The average Bonchev–Trinajstić information content (AvgIpc) is 2.81. The second-order valence-electron chi connectivity index (χ2n) is 4.83. The SMILES string of the molecule is COCCCOCCn1ccc(C(O)C(C)C)c1. The molecule has 18 heavy (non-hydrogen) atoms. The van der Waals surface area contributed by atoms with Crippen LogP contribution in [0.2, 0.25) is 0 Å². The Balaban J connectivity index is 2.23. The third-order valence-electron chi connectivity index (χ3n) is 2.88. The third kappa shape index (κ3) is 5.21. The maximum Gasteiger partial charge on any atom is 0.0827 e. The number of aliphatic hydroxyl groups is 1. The molecule has 0 radical (unpaired) electrons. The Morgan fingerprint density at radius 1 is 1.28 bits per heavy atom. The Morgan fingerprint density at radius 3 is 2.72 bits per heavy atom. The largest absolute Gasteiger partial charge is 0.388 e. The van der Waals surface area contributed by atoms with Crippen molar-refractivity contribution >= 4 is 0 Å². The standard InChI is InChI=1S/C14H25NO3/c1-12(2)14(16)13-5-6-15(11-13)7-10-18-9-4-8-17-3/h5-6,11-12,14,16H,4,7-10H2,1-3H3. The Kier molecular flexibility index (Phi) is 7.01. The van der Waals surface area contributed by atoms with Crippen molar-refractivity contribution in [2.24, 2.45) is 5.92 Å². The minimum atomic E-state index is -0.381. The number of nitrogens with zero attached hydrogens (tertiary/aromatic N) is 1. The van der Waals surface area contributed by atoms with Crippen LogP contribution in [-0.2, 0) is 16.0 Å². The topological polar surface area (TPSA) is 43.6 Å². The summed E-state index contributed by atoms with van der Waals surface area (Å²) in [6.07, 6.45) is 4.52. The second kappa shape index (κ2) is 8.29. The lowest BCUT2D eigenvalue weighted by atomic mass is 10.0. The van der Waals surface area contributed by atoms with E-state index in [1.165, 1.54) is 0 Å². The van der Waals surface area contributed by atoms with Gasteiger partial charge in [-0.15, -0.1) is 0 Å². The van der Waals surface area contributed by atoms with E-state index in [0.29, 0.717) is 6.61 Å². The van der Waals surface area contributed by atoms with Gasteiger partial charge in [0.05, 0.1) is 12.7 Å². The Hall–Kier alpha value is -0.840. The van der Waals surface area contributed by atoms with E-state index in [0.717, 1.165) is 31.7 Å². The van der Waals surface area contributed by atoms with Gasteiger partial charge in [-0.1, -0.05) is 13.8 Å². The molecule has 0 saturated carbocycles. The summed E-state index contributed by atoms with van der Waals surface area (Å²) in [5, 5.41) is 9.92. The monoisotopic (exact) mass is 255 g/mol. The van der Waals surface area contributed by atoms with Crippen LogP contribution in [0.4, 0.5) is 0 Å². The summed E-state index contributed by atoms with van der Waals surface area (Å²) in [6, 6.07) is 1.97. The van der Waals surface area contributed by atoms with E-state index in [9.17, 15) is 5.11 Å². The van der Waals surface area contributed by atoms with E-state index in [1.54, 1.807) is 7.11 Å². The van der Waals surface area contributed by atoms with E-state index in [4.69, 9.17) is 9.47 Å². The molecule has 0 bridgehead atoms. The summed E-state index contributed by atoms with van der Waals surface area (Å²) in [5.41, 5.74) is 0.976. The first kappa shape index (κ1) is 15.2. The highest BCUT2D eigenvalue weighted by atomic mass is 16.5. The molecule has 1 aromatic heterocycles. The van der Waals surface area contributed by atoms with Gasteiger partial charge in [0.15, 0.2) is 0 Å². The van der Waals surface area contributed by atoms with E-state index >= 15 is 0 Å². The fourth-order valence-corrected chi connectivity index (χ4v) is 1.74. The van der Waals surface area contributed by atoms with Crippen LogP contribution >= 0.6 is 0 Å². The molecule has 0 saturated heterocycles. The van der Waals surface area contributed by atoms with Gasteiger partial charge in [0.25, 0.3) is 0 Å². The number of aromatic nitrogens is 1. The molecule has 0 aromatic carbocycles. The summed E-state index contributed by atoms with van der Waals surface area (Å²) in [7, 11) is 1.70. The minimum Gasteiger partial charge on any atom is -0.388 e. The predicted octanol–water partition coefficient (Wildman–Crippen LogP) is 2.23. The molecule has 4 nitrogen and oxygen atoms in total. The molecule has 0 fully saturated rings. The average molecular weight is 255 g/mol. The van der Waals surface area contributed by atoms with Gasteiger partial charge in [-0.2, -0.15) is 0 Å². The van der Waals surface area contributed by atoms with Crippen molar-refractivity contribution in [3.8, 4) is 0 Å². The molecule has 104 valence electrons. The zero-order valence-electron chi connectivity index (χ0n) is 11.6. The number of ether oxygens (including phenoxy) is 2. The summed E-state index contributed by atoms with van der Waals surface area (Å²) < 4.78 is 12.5. The molecule has 1 atom stereocenters. The second-order valence-corrected chi connectivity index (χ2v) is 4.83. The van der Waals surface area contributed by atoms with Gasteiger partial charge in [-0.05, 0) is 24.0 Å². The Bertz CT molecular complexity index is 323. The quantitative estimate of drug-likeness (QED) is 0.688. The van der Waals surface area contributed by atoms with E-state index < -0.39 is 0 Å². The van der Waals surface area contributed by atoms with E-state index in [-0.39, 0.29) is 12.0 Å². The number of rotatable bonds is 9. The first-order valence-corrected chi connectivity index (χ1v) is 6.55. The van der Waals surface area contributed by atoms with Crippen molar-refractivity contribution in [1.29, 1.82) is 0 Å². The molecule has 1 unspecified atom stereocenters. The molecular weight excluding hydrogens is 230 g/mol. The molecule has 0 aliphatic heterocycles. The lowest BCUT2D eigenvalue weighted by Crippen LogP contribution is -2.07. The number of hydrogen-bond donors (Lipinski definition) is 1. The summed E-state index contributed by atoms with van der Waals surface area (Å²) in [4.78, 5) is 0. The smallest absolute Gasteiger partial charge is 0.0827 e. The van der Waals surface area contributed by atoms with Gasteiger partial charge < -0.3 is 19.1 Å². The van der Waals surface area contributed by atoms with Gasteiger partial charge in [0.2, 0.25) is 0 Å². The predicted molar refractivity (Wildman–Crippen MR) is 71.5 cm³/mol. The lowest BCUT2D eigenvalue weighted by molar-refractivity contribution is 0.0974. The van der Waals surface area contributed by atoms with Crippen LogP contribution in [0.25, 0.3) is 0 Å². The molecular formula is C14H25NO3. The first-order chi connectivity index (χ1) is 8.65. The van der Waals surface area contributed by atoms with Gasteiger partial charge >= 0.3 is 0 Å². The fraction of sp³-hybridized carbons (Fsp3) is 0.714. The molecule has 1 heterocycles. The lowest BCUT2D eigenvalue weighted by Gasteiger charge is -2.12. The van der Waals surface area contributed by atoms with Gasteiger partial charge in [0, 0.05) is 39.3 Å². The van der Waals surface area contributed by atoms with Gasteiger partial charge in [-0.25, -0.2) is 0 Å². The Labute approximate surface area is 110 Å². The number of aliphatic hydroxyl groups excluding tert-OH is 1.